The Hall–Kier alpha value is -3.26. The van der Waals surface area contributed by atoms with Gasteiger partial charge in [-0.05, 0) is 37.1 Å². The van der Waals surface area contributed by atoms with E-state index in [1.807, 2.05) is 31.2 Å². The third kappa shape index (κ3) is 4.89. The van der Waals surface area contributed by atoms with Crippen molar-refractivity contribution < 1.29 is 9.59 Å². The first-order valence-corrected chi connectivity index (χ1v) is 9.20. The Labute approximate surface area is 159 Å². The van der Waals surface area contributed by atoms with Crippen LogP contribution in [0, 0.1) is 6.92 Å². The molecule has 0 bridgehead atoms. The fourth-order valence-electron chi connectivity index (χ4n) is 2.41. The summed E-state index contributed by atoms with van der Waals surface area (Å²) in [6.07, 6.45) is 2.20. The molecule has 0 fully saturated rings. The zero-order chi connectivity index (χ0) is 19.2. The molecule has 3 aromatic rings. The van der Waals surface area contributed by atoms with Crippen molar-refractivity contribution in [1.29, 1.82) is 0 Å². The number of aromatic nitrogens is 2. The zero-order valence-corrected chi connectivity index (χ0v) is 15.4. The lowest BCUT2D eigenvalue weighted by atomic mass is 10.2. The van der Waals surface area contributed by atoms with Gasteiger partial charge in [-0.3, -0.25) is 19.7 Å². The molecule has 3 rings (SSSR count). The van der Waals surface area contributed by atoms with Gasteiger partial charge in [0.2, 0.25) is 5.91 Å². The van der Waals surface area contributed by atoms with Gasteiger partial charge < -0.3 is 10.3 Å². The van der Waals surface area contributed by atoms with E-state index in [1.54, 1.807) is 11.4 Å². The summed E-state index contributed by atoms with van der Waals surface area (Å²) in [7, 11) is 0. The van der Waals surface area contributed by atoms with E-state index in [0.717, 1.165) is 11.3 Å². The second-order valence-electron chi connectivity index (χ2n) is 5.87. The van der Waals surface area contributed by atoms with Crippen molar-refractivity contribution in [3.63, 3.8) is 0 Å². The highest BCUT2D eigenvalue weighted by Gasteiger charge is 2.13. The van der Waals surface area contributed by atoms with Crippen LogP contribution in [0.15, 0.2) is 52.8 Å². The molecule has 27 heavy (non-hydrogen) atoms. The minimum atomic E-state index is -0.518. The van der Waals surface area contributed by atoms with Crippen molar-refractivity contribution in [2.24, 2.45) is 0 Å². The first-order chi connectivity index (χ1) is 13.0. The van der Waals surface area contributed by atoms with E-state index in [1.165, 1.54) is 23.6 Å². The van der Waals surface area contributed by atoms with Crippen molar-refractivity contribution in [2.75, 3.05) is 10.6 Å². The first-order valence-electron chi connectivity index (χ1n) is 8.32. The summed E-state index contributed by atoms with van der Waals surface area (Å²) in [5, 5.41) is 7.65. The van der Waals surface area contributed by atoms with Crippen molar-refractivity contribution in [2.45, 2.75) is 19.8 Å². The van der Waals surface area contributed by atoms with Crippen LogP contribution in [0.1, 0.15) is 28.0 Å². The van der Waals surface area contributed by atoms with Gasteiger partial charge in [-0.1, -0.05) is 18.2 Å². The number of hydrogen-bond donors (Lipinski definition) is 3. The molecule has 2 aromatic heterocycles. The second-order valence-corrected chi connectivity index (χ2v) is 6.73. The molecular weight excluding hydrogens is 364 g/mol. The number of rotatable bonds is 6. The van der Waals surface area contributed by atoms with Gasteiger partial charge in [0, 0.05) is 23.7 Å². The minimum Gasteiger partial charge on any atom is -0.328 e. The second kappa shape index (κ2) is 8.41. The average Bonchev–Trinajstić information content (AvgIpc) is 3.09. The Morgan fingerprint density at radius 3 is 2.74 bits per heavy atom. The van der Waals surface area contributed by atoms with Crippen LogP contribution in [0.2, 0.25) is 0 Å². The number of para-hydroxylation sites is 1. The lowest BCUT2D eigenvalue weighted by Crippen LogP contribution is -2.22. The normalized spacial score (nSPS) is 10.4. The van der Waals surface area contributed by atoms with Crippen LogP contribution in [-0.4, -0.2) is 21.8 Å². The van der Waals surface area contributed by atoms with Crippen LogP contribution in [-0.2, 0) is 11.2 Å². The quantitative estimate of drug-likeness (QED) is 0.610. The fourth-order valence-corrected chi connectivity index (χ4v) is 3.15. The van der Waals surface area contributed by atoms with Crippen LogP contribution in [0.25, 0.3) is 0 Å². The minimum absolute atomic E-state index is 0.0202. The lowest BCUT2D eigenvalue weighted by Gasteiger charge is -2.07. The van der Waals surface area contributed by atoms with Gasteiger partial charge in [0.25, 0.3) is 11.5 Å². The number of nitrogens with one attached hydrogen (secondary N) is 3. The van der Waals surface area contributed by atoms with Crippen molar-refractivity contribution >= 4 is 34.0 Å². The molecule has 0 aliphatic carbocycles. The van der Waals surface area contributed by atoms with Crippen LogP contribution in [0.3, 0.4) is 0 Å². The SMILES string of the molecule is Cc1ccccc1NC(=O)CCc1csc(NC(=O)c2ccc[nH]c2=O)n1. The number of hydrogen-bond acceptors (Lipinski definition) is 5. The van der Waals surface area contributed by atoms with Gasteiger partial charge in [-0.15, -0.1) is 11.3 Å². The maximum atomic E-state index is 12.1. The predicted molar refractivity (Wildman–Crippen MR) is 105 cm³/mol. The summed E-state index contributed by atoms with van der Waals surface area (Å²) in [5.41, 5.74) is 2.06. The van der Waals surface area contributed by atoms with Crippen LogP contribution < -0.4 is 16.2 Å². The van der Waals surface area contributed by atoms with Gasteiger partial charge in [0.1, 0.15) is 5.56 Å². The van der Waals surface area contributed by atoms with E-state index in [2.05, 4.69) is 20.6 Å². The third-order valence-electron chi connectivity index (χ3n) is 3.86. The van der Waals surface area contributed by atoms with Gasteiger partial charge in [0.05, 0.1) is 5.69 Å². The molecule has 2 heterocycles. The number of carbonyl (C=O) groups excluding carboxylic acids is 2. The van der Waals surface area contributed by atoms with E-state index >= 15 is 0 Å². The van der Waals surface area contributed by atoms with Gasteiger partial charge >= 0.3 is 0 Å². The van der Waals surface area contributed by atoms with Gasteiger partial charge in [-0.25, -0.2) is 4.98 Å². The standard InChI is InChI=1S/C19H18N4O3S/c1-12-5-2-3-7-15(12)22-16(24)9-8-13-11-27-19(21-13)23-18(26)14-6-4-10-20-17(14)25/h2-7,10-11H,8-9H2,1H3,(H,20,25)(H,22,24)(H,21,23,26). The molecule has 1 aromatic carbocycles. The van der Waals surface area contributed by atoms with Gasteiger partial charge in [0.15, 0.2) is 5.13 Å². The third-order valence-corrected chi connectivity index (χ3v) is 4.67. The number of carbonyl (C=O) groups is 2. The number of nitrogens with zero attached hydrogens (tertiary/aromatic N) is 1. The van der Waals surface area contributed by atoms with Crippen molar-refractivity contribution in [3.05, 3.63) is 75.1 Å². The highest BCUT2D eigenvalue weighted by atomic mass is 32.1. The Morgan fingerprint density at radius 1 is 1.15 bits per heavy atom. The number of aryl methyl sites for hydroxylation is 2. The van der Waals surface area contributed by atoms with E-state index in [0.29, 0.717) is 17.2 Å². The summed E-state index contributed by atoms with van der Waals surface area (Å²) in [6, 6.07) is 10.6. The number of benzene rings is 1. The summed E-state index contributed by atoms with van der Waals surface area (Å²) in [5.74, 6) is -0.617. The Morgan fingerprint density at radius 2 is 1.96 bits per heavy atom. The number of H-pyrrole nitrogens is 1. The molecule has 0 spiro atoms. The molecule has 0 saturated carbocycles. The molecule has 0 unspecified atom stereocenters. The monoisotopic (exact) mass is 382 g/mol. The van der Waals surface area contributed by atoms with E-state index < -0.39 is 11.5 Å². The van der Waals surface area contributed by atoms with Crippen molar-refractivity contribution in [3.8, 4) is 0 Å². The average molecular weight is 382 g/mol. The van der Waals surface area contributed by atoms with Gasteiger partial charge in [-0.2, -0.15) is 0 Å². The van der Waals surface area contributed by atoms with Crippen LogP contribution in [0.5, 0.6) is 0 Å². The number of pyridine rings is 1. The maximum Gasteiger partial charge on any atom is 0.263 e. The molecular formula is C19H18N4O3S. The zero-order valence-electron chi connectivity index (χ0n) is 14.6. The van der Waals surface area contributed by atoms with Crippen LogP contribution >= 0.6 is 11.3 Å². The summed E-state index contributed by atoms with van der Waals surface area (Å²) < 4.78 is 0. The number of aromatic amines is 1. The molecule has 7 nitrogen and oxygen atoms in total. The summed E-state index contributed by atoms with van der Waals surface area (Å²) in [4.78, 5) is 42.6. The number of anilines is 2. The van der Waals surface area contributed by atoms with E-state index in [-0.39, 0.29) is 17.9 Å². The van der Waals surface area contributed by atoms with Crippen molar-refractivity contribution in [1.82, 2.24) is 9.97 Å². The molecule has 2 amide bonds. The maximum absolute atomic E-state index is 12.1. The summed E-state index contributed by atoms with van der Waals surface area (Å²) in [6.45, 7) is 1.93. The molecule has 0 aliphatic rings. The highest BCUT2D eigenvalue weighted by Crippen LogP contribution is 2.18. The molecule has 138 valence electrons. The number of amides is 2. The number of thiazole rings is 1. The Balaban J connectivity index is 1.54. The van der Waals surface area contributed by atoms with Crippen LogP contribution in [0.4, 0.5) is 10.8 Å². The summed E-state index contributed by atoms with van der Waals surface area (Å²) >= 11 is 1.25. The Bertz CT molecular complexity index is 1030. The molecule has 0 atom stereocenters. The largest absolute Gasteiger partial charge is 0.328 e. The first kappa shape index (κ1) is 18.5. The topological polar surface area (TPSA) is 104 Å². The highest BCUT2D eigenvalue weighted by molar-refractivity contribution is 7.14. The molecule has 0 saturated heterocycles. The Kier molecular flexibility index (Phi) is 5.77. The van der Waals surface area contributed by atoms with E-state index in [4.69, 9.17) is 0 Å². The lowest BCUT2D eigenvalue weighted by molar-refractivity contribution is -0.116. The molecule has 0 radical (unpaired) electrons. The molecule has 8 heteroatoms. The predicted octanol–water partition coefficient (Wildman–Crippen LogP) is 2.96. The smallest absolute Gasteiger partial charge is 0.263 e. The fraction of sp³-hybridized carbons (Fsp3) is 0.158. The molecule has 0 aliphatic heterocycles. The molecule has 3 N–H and O–H groups in total. The van der Waals surface area contributed by atoms with E-state index in [9.17, 15) is 14.4 Å².